The van der Waals surface area contributed by atoms with Gasteiger partial charge in [0.2, 0.25) is 5.88 Å². The van der Waals surface area contributed by atoms with Gasteiger partial charge in [-0.3, -0.25) is 4.79 Å². The first-order chi connectivity index (χ1) is 10.1. The molecule has 2 rings (SSSR count). The van der Waals surface area contributed by atoms with Gasteiger partial charge in [0.1, 0.15) is 5.02 Å². The molecule has 0 aliphatic heterocycles. The Bertz CT molecular complexity index is 638. The third kappa shape index (κ3) is 3.31. The number of rotatable bonds is 5. The van der Waals surface area contributed by atoms with E-state index in [0.29, 0.717) is 23.1 Å². The van der Waals surface area contributed by atoms with Crippen molar-refractivity contribution >= 4 is 29.1 Å². The Labute approximate surface area is 132 Å². The van der Waals surface area contributed by atoms with Crippen LogP contribution in [-0.4, -0.2) is 29.3 Å². The molecule has 0 aliphatic carbocycles. The van der Waals surface area contributed by atoms with Crippen LogP contribution < -0.4 is 10.1 Å². The maximum atomic E-state index is 12.0. The van der Waals surface area contributed by atoms with Crippen LogP contribution in [0.5, 0.6) is 5.88 Å². The third-order valence-electron chi connectivity index (χ3n) is 2.80. The van der Waals surface area contributed by atoms with Gasteiger partial charge in [-0.2, -0.15) is 9.78 Å². The Balaban J connectivity index is 2.42. The highest BCUT2D eigenvalue weighted by molar-refractivity contribution is 6.35. The molecule has 1 aromatic carbocycles. The van der Waals surface area contributed by atoms with Crippen molar-refractivity contribution in [3.8, 4) is 11.6 Å². The summed E-state index contributed by atoms with van der Waals surface area (Å²) in [6.45, 7) is 2.53. The highest BCUT2D eigenvalue weighted by Gasteiger charge is 2.23. The van der Waals surface area contributed by atoms with Crippen LogP contribution in [0, 0.1) is 0 Å². The molecule has 5 nitrogen and oxygen atoms in total. The first kappa shape index (κ1) is 15.7. The zero-order valence-corrected chi connectivity index (χ0v) is 13.2. The number of amides is 1. The van der Waals surface area contributed by atoms with Crippen LogP contribution in [-0.2, 0) is 0 Å². The molecule has 0 spiro atoms. The minimum absolute atomic E-state index is 0.136. The molecule has 1 amide bonds. The van der Waals surface area contributed by atoms with Crippen molar-refractivity contribution in [2.24, 2.45) is 0 Å². The summed E-state index contributed by atoms with van der Waals surface area (Å²) in [7, 11) is 1.48. The van der Waals surface area contributed by atoms with Crippen molar-refractivity contribution < 1.29 is 9.53 Å². The van der Waals surface area contributed by atoms with Crippen molar-refractivity contribution in [1.82, 2.24) is 15.1 Å². The first-order valence-electron chi connectivity index (χ1n) is 6.45. The first-order valence-corrected chi connectivity index (χ1v) is 7.20. The van der Waals surface area contributed by atoms with E-state index >= 15 is 0 Å². The van der Waals surface area contributed by atoms with Crippen molar-refractivity contribution in [3.05, 3.63) is 40.0 Å². The topological polar surface area (TPSA) is 56.2 Å². The summed E-state index contributed by atoms with van der Waals surface area (Å²) in [5, 5.41) is 7.77. The van der Waals surface area contributed by atoms with E-state index in [1.807, 2.05) is 6.92 Å². The van der Waals surface area contributed by atoms with Gasteiger partial charge in [0.15, 0.2) is 5.69 Å². The van der Waals surface area contributed by atoms with Gasteiger partial charge in [0.05, 0.1) is 12.8 Å². The average molecular weight is 328 g/mol. The number of nitrogens with one attached hydrogen (secondary N) is 1. The molecule has 0 bridgehead atoms. The van der Waals surface area contributed by atoms with E-state index in [2.05, 4.69) is 10.4 Å². The van der Waals surface area contributed by atoms with Gasteiger partial charge in [0, 0.05) is 11.6 Å². The lowest BCUT2D eigenvalue weighted by Crippen LogP contribution is -2.24. The van der Waals surface area contributed by atoms with Crippen LogP contribution in [0.4, 0.5) is 0 Å². The molecule has 0 radical (unpaired) electrons. The Morgan fingerprint density at radius 3 is 2.57 bits per heavy atom. The number of ether oxygens (including phenoxy) is 1. The summed E-state index contributed by atoms with van der Waals surface area (Å²) < 4.78 is 6.72. The fraction of sp³-hybridized carbons (Fsp3) is 0.286. The molecule has 0 atom stereocenters. The minimum Gasteiger partial charge on any atom is -0.480 e. The van der Waals surface area contributed by atoms with E-state index in [1.165, 1.54) is 11.8 Å². The number of methoxy groups -OCH3 is 1. The van der Waals surface area contributed by atoms with Gasteiger partial charge in [-0.1, -0.05) is 30.1 Å². The predicted molar refractivity (Wildman–Crippen MR) is 82.8 cm³/mol. The van der Waals surface area contributed by atoms with Crippen LogP contribution in [0.15, 0.2) is 24.3 Å². The molecule has 0 saturated heterocycles. The monoisotopic (exact) mass is 327 g/mol. The van der Waals surface area contributed by atoms with E-state index in [4.69, 9.17) is 27.9 Å². The van der Waals surface area contributed by atoms with E-state index in [1.54, 1.807) is 24.3 Å². The van der Waals surface area contributed by atoms with Crippen molar-refractivity contribution in [2.75, 3.05) is 13.7 Å². The van der Waals surface area contributed by atoms with E-state index in [0.717, 1.165) is 6.42 Å². The Morgan fingerprint density at radius 2 is 2.00 bits per heavy atom. The zero-order chi connectivity index (χ0) is 15.4. The summed E-state index contributed by atoms with van der Waals surface area (Å²) in [6.07, 6.45) is 0.832. The second kappa shape index (κ2) is 6.83. The summed E-state index contributed by atoms with van der Waals surface area (Å²) >= 11 is 12.1. The van der Waals surface area contributed by atoms with E-state index in [-0.39, 0.29) is 16.6 Å². The molecule has 1 aromatic heterocycles. The van der Waals surface area contributed by atoms with Crippen molar-refractivity contribution in [1.29, 1.82) is 0 Å². The average Bonchev–Trinajstić information content (AvgIpc) is 2.82. The molecular formula is C14H15Cl2N3O2. The highest BCUT2D eigenvalue weighted by atomic mass is 35.5. The fourth-order valence-corrected chi connectivity index (χ4v) is 2.19. The number of benzene rings is 1. The number of hydrogen-bond acceptors (Lipinski definition) is 3. The number of aromatic nitrogens is 2. The molecule has 1 heterocycles. The molecule has 0 fully saturated rings. The number of nitrogens with zero attached hydrogens (tertiary/aromatic N) is 2. The summed E-state index contributed by atoms with van der Waals surface area (Å²) in [5.41, 5.74) is 0.838. The lowest BCUT2D eigenvalue weighted by molar-refractivity contribution is 0.0948. The van der Waals surface area contributed by atoms with Gasteiger partial charge in [-0.15, -0.1) is 0 Å². The highest BCUT2D eigenvalue weighted by Crippen LogP contribution is 2.31. The quantitative estimate of drug-likeness (QED) is 0.916. The van der Waals surface area contributed by atoms with Crippen molar-refractivity contribution in [2.45, 2.75) is 13.3 Å². The normalized spacial score (nSPS) is 10.5. The molecule has 0 saturated carbocycles. The lowest BCUT2D eigenvalue weighted by atomic mass is 10.3. The summed E-state index contributed by atoms with van der Waals surface area (Å²) in [4.78, 5) is 12.0. The number of hydrogen-bond donors (Lipinski definition) is 1. The fourth-order valence-electron chi connectivity index (χ4n) is 1.78. The van der Waals surface area contributed by atoms with Gasteiger partial charge < -0.3 is 10.1 Å². The molecule has 2 aromatic rings. The molecule has 1 N–H and O–H groups in total. The second-order valence-electron chi connectivity index (χ2n) is 4.32. The lowest BCUT2D eigenvalue weighted by Gasteiger charge is -2.05. The summed E-state index contributed by atoms with van der Waals surface area (Å²) in [5.74, 6) is -0.0199. The maximum Gasteiger partial charge on any atom is 0.273 e. The number of halogens is 2. The molecule has 21 heavy (non-hydrogen) atoms. The minimum atomic E-state index is -0.326. The van der Waals surface area contributed by atoms with Gasteiger partial charge in [-0.25, -0.2) is 0 Å². The van der Waals surface area contributed by atoms with Crippen LogP contribution in [0.2, 0.25) is 10.0 Å². The maximum absolute atomic E-state index is 12.0. The van der Waals surface area contributed by atoms with Gasteiger partial charge in [0.25, 0.3) is 5.91 Å². The molecule has 7 heteroatoms. The summed E-state index contributed by atoms with van der Waals surface area (Å²) in [6, 6.07) is 6.98. The zero-order valence-electron chi connectivity index (χ0n) is 11.7. The number of carbonyl (C=O) groups excluding carboxylic acids is 1. The molecule has 0 unspecified atom stereocenters. The molecule has 0 aliphatic rings. The SMILES string of the molecule is CCCNC(=O)c1nn(-c2ccc(Cl)cc2)c(OC)c1Cl. The Morgan fingerprint density at radius 1 is 1.33 bits per heavy atom. The number of carbonyl (C=O) groups is 1. The molecular weight excluding hydrogens is 313 g/mol. The van der Waals surface area contributed by atoms with Gasteiger partial charge in [-0.05, 0) is 30.7 Å². The van der Waals surface area contributed by atoms with Crippen LogP contribution in [0.1, 0.15) is 23.8 Å². The largest absolute Gasteiger partial charge is 0.480 e. The standard InChI is InChI=1S/C14H15Cl2N3O2/c1-3-8-17-13(20)12-11(16)14(21-2)19(18-12)10-6-4-9(15)5-7-10/h4-7H,3,8H2,1-2H3,(H,17,20). The van der Waals surface area contributed by atoms with Crippen LogP contribution in [0.3, 0.4) is 0 Å². The van der Waals surface area contributed by atoms with Crippen LogP contribution in [0.25, 0.3) is 5.69 Å². The van der Waals surface area contributed by atoms with Gasteiger partial charge >= 0.3 is 0 Å². The third-order valence-corrected chi connectivity index (χ3v) is 3.40. The van der Waals surface area contributed by atoms with E-state index in [9.17, 15) is 4.79 Å². The van der Waals surface area contributed by atoms with Crippen LogP contribution >= 0.6 is 23.2 Å². The van der Waals surface area contributed by atoms with E-state index < -0.39 is 0 Å². The predicted octanol–water partition coefficient (Wildman–Crippen LogP) is 3.33. The second-order valence-corrected chi connectivity index (χ2v) is 5.13. The smallest absolute Gasteiger partial charge is 0.273 e. The Hall–Kier alpha value is -1.72. The van der Waals surface area contributed by atoms with Crippen molar-refractivity contribution in [3.63, 3.8) is 0 Å². The molecule has 112 valence electrons. The Kier molecular flexibility index (Phi) is 5.09.